The lowest BCUT2D eigenvalue weighted by Crippen LogP contribution is -2.04. The highest BCUT2D eigenvalue weighted by Gasteiger charge is 2.25. The second kappa shape index (κ2) is 25.0. The van der Waals surface area contributed by atoms with Crippen LogP contribution in [-0.2, 0) is 0 Å². The van der Waals surface area contributed by atoms with E-state index in [0.717, 1.165) is 127 Å². The SMILES string of the molecule is [C-]#[N+]c1ccc(-c2ccc(-n3c4ccccc4c4cc(-c5nc(-c6ccccc6)nc(-c6ccccc6)n5)ccc43)c(-c3ccc(-n4c5ccccc5c5cc(-c6nc(-c7ccccc7)nc(-c7ccccc7)n6)ccc54)c(-c4nc(-c5ccccc5)nc(-c5ccccc5)n4)c3)c2)cc1. The number of fused-ring (bicyclic) bond motifs is 6. The first-order valence-corrected chi connectivity index (χ1v) is 33.0. The van der Waals surface area contributed by atoms with Gasteiger partial charge in [0.05, 0.1) is 40.0 Å². The third-order valence-electron chi connectivity index (χ3n) is 18.3. The number of rotatable bonds is 13. The number of hydrogen-bond acceptors (Lipinski definition) is 9. The molecule has 0 spiro atoms. The van der Waals surface area contributed by atoms with Gasteiger partial charge in [-0.15, -0.1) is 0 Å². The lowest BCUT2D eigenvalue weighted by Gasteiger charge is -2.19. The largest absolute Gasteiger partial charge is 0.309 e. The average molecular weight is 1280 g/mol. The molecule has 5 aromatic heterocycles. The summed E-state index contributed by atoms with van der Waals surface area (Å²) in [7, 11) is 0. The first kappa shape index (κ1) is 58.5. The zero-order valence-corrected chi connectivity index (χ0v) is 53.5. The standard InChI is InChI=1S/C88H54N12/c1-89-67-46-40-56(41-47-67)63-42-48-76(99-74-38-22-20-36-68(74)71-54-65(44-50-77(71)99)86-93-80(57-24-8-2-9-25-57)90-81(94-86)58-26-10-3-11-27-58)70(52-63)64-43-49-79(73(53-64)88-97-84(61-32-16-6-17-33-61)92-85(98-88)62-34-18-7-19-35-62)100-75-39-23-21-37-69(75)72-55-66(45-51-78(72)100)87-95-82(59-28-12-4-13-29-59)91-83(96-87)60-30-14-5-15-31-60/h2-55H. The zero-order valence-electron chi connectivity index (χ0n) is 53.5. The Morgan fingerprint density at radius 3 is 0.850 bits per heavy atom. The van der Waals surface area contributed by atoms with Gasteiger partial charge in [0.1, 0.15) is 0 Å². The molecule has 0 saturated carbocycles. The molecule has 0 amide bonds. The Morgan fingerprint density at radius 2 is 0.480 bits per heavy atom. The topological polar surface area (TPSA) is 130 Å². The minimum Gasteiger partial charge on any atom is -0.309 e. The number of aromatic nitrogens is 11. The quantitative estimate of drug-likeness (QED) is 0.104. The van der Waals surface area contributed by atoms with Gasteiger partial charge in [-0.05, 0) is 89.5 Å². The summed E-state index contributed by atoms with van der Waals surface area (Å²) in [5, 5.41) is 4.14. The van der Waals surface area contributed by atoms with E-state index in [4.69, 9.17) is 51.4 Å². The molecule has 0 radical (unpaired) electrons. The van der Waals surface area contributed by atoms with Gasteiger partial charge in [0.2, 0.25) is 0 Å². The van der Waals surface area contributed by atoms with Crippen molar-refractivity contribution in [2.45, 2.75) is 0 Å². The molecule has 0 aliphatic heterocycles. The molecule has 0 N–H and O–H groups in total. The molecule has 0 atom stereocenters. The Balaban J connectivity index is 0.870. The van der Waals surface area contributed by atoms with E-state index in [-0.39, 0.29) is 0 Å². The van der Waals surface area contributed by atoms with E-state index in [1.54, 1.807) is 0 Å². The molecule has 100 heavy (non-hydrogen) atoms. The molecule has 466 valence electrons. The van der Waals surface area contributed by atoms with Gasteiger partial charge in [-0.3, -0.25) is 0 Å². The van der Waals surface area contributed by atoms with Crippen LogP contribution in [0.5, 0.6) is 0 Å². The fraction of sp³-hybridized carbons (Fsp3) is 0. The maximum atomic E-state index is 7.83. The maximum Gasteiger partial charge on any atom is 0.187 e. The van der Waals surface area contributed by atoms with Crippen LogP contribution in [0.25, 0.3) is 185 Å². The van der Waals surface area contributed by atoms with Crippen molar-refractivity contribution in [3.63, 3.8) is 0 Å². The van der Waals surface area contributed by atoms with Crippen molar-refractivity contribution in [1.29, 1.82) is 0 Å². The summed E-state index contributed by atoms with van der Waals surface area (Å²) in [4.78, 5) is 50.7. The predicted octanol–water partition coefficient (Wildman–Crippen LogP) is 21.3. The lowest BCUT2D eigenvalue weighted by molar-refractivity contribution is 1.06. The highest BCUT2D eigenvalue weighted by Crippen LogP contribution is 2.44. The summed E-state index contributed by atoms with van der Waals surface area (Å²) >= 11 is 0. The Bertz CT molecular complexity index is 6020. The van der Waals surface area contributed by atoms with E-state index in [1.807, 2.05) is 206 Å². The summed E-state index contributed by atoms with van der Waals surface area (Å²) < 4.78 is 4.70. The van der Waals surface area contributed by atoms with Gasteiger partial charge in [0.25, 0.3) is 0 Å². The van der Waals surface area contributed by atoms with Crippen LogP contribution in [0.1, 0.15) is 0 Å². The molecule has 13 aromatic carbocycles. The van der Waals surface area contributed by atoms with Gasteiger partial charge in [0, 0.05) is 77.2 Å². The van der Waals surface area contributed by atoms with Crippen molar-refractivity contribution >= 4 is 49.3 Å². The van der Waals surface area contributed by atoms with E-state index >= 15 is 0 Å². The van der Waals surface area contributed by atoms with Crippen LogP contribution in [0.4, 0.5) is 5.69 Å². The molecule has 18 rings (SSSR count). The second-order valence-electron chi connectivity index (χ2n) is 24.4. The second-order valence-corrected chi connectivity index (χ2v) is 24.4. The molecule has 18 aromatic rings. The van der Waals surface area contributed by atoms with Crippen molar-refractivity contribution in [2.24, 2.45) is 0 Å². The predicted molar refractivity (Wildman–Crippen MR) is 401 cm³/mol. The molecular formula is C88H54N12. The van der Waals surface area contributed by atoms with Crippen LogP contribution in [0.15, 0.2) is 328 Å². The molecule has 0 fully saturated rings. The van der Waals surface area contributed by atoms with Gasteiger partial charge in [-0.2, -0.15) is 0 Å². The van der Waals surface area contributed by atoms with Gasteiger partial charge >= 0.3 is 0 Å². The van der Waals surface area contributed by atoms with E-state index in [2.05, 4.69) is 135 Å². The lowest BCUT2D eigenvalue weighted by atomic mass is 9.95. The van der Waals surface area contributed by atoms with Crippen LogP contribution >= 0.6 is 0 Å². The normalized spacial score (nSPS) is 11.4. The van der Waals surface area contributed by atoms with E-state index in [9.17, 15) is 0 Å². The fourth-order valence-corrected chi connectivity index (χ4v) is 13.5. The molecular weight excluding hydrogens is 1230 g/mol. The molecule has 0 unspecified atom stereocenters. The van der Waals surface area contributed by atoms with Crippen molar-refractivity contribution in [3.05, 3.63) is 339 Å². The van der Waals surface area contributed by atoms with Gasteiger partial charge in [-0.1, -0.05) is 255 Å². The van der Waals surface area contributed by atoms with Crippen molar-refractivity contribution in [1.82, 2.24) is 54.0 Å². The van der Waals surface area contributed by atoms with Crippen molar-refractivity contribution in [3.8, 4) is 136 Å². The highest BCUT2D eigenvalue weighted by atomic mass is 15.1. The molecule has 0 aliphatic rings. The third kappa shape index (κ3) is 10.7. The van der Waals surface area contributed by atoms with Crippen LogP contribution in [0.3, 0.4) is 0 Å². The van der Waals surface area contributed by atoms with Crippen molar-refractivity contribution in [2.75, 3.05) is 0 Å². The van der Waals surface area contributed by atoms with Crippen LogP contribution in [0.2, 0.25) is 0 Å². The minimum absolute atomic E-state index is 0.486. The van der Waals surface area contributed by atoms with Gasteiger partial charge in [0.15, 0.2) is 58.1 Å². The molecule has 5 heterocycles. The third-order valence-corrected chi connectivity index (χ3v) is 18.3. The Hall–Kier alpha value is -14.0. The van der Waals surface area contributed by atoms with E-state index < -0.39 is 0 Å². The van der Waals surface area contributed by atoms with E-state index in [0.29, 0.717) is 58.1 Å². The summed E-state index contributed by atoms with van der Waals surface area (Å²) in [5.74, 6) is 5.05. The van der Waals surface area contributed by atoms with Gasteiger partial charge < -0.3 is 9.13 Å². The first-order chi connectivity index (χ1) is 49.5. The monoisotopic (exact) mass is 1280 g/mol. The van der Waals surface area contributed by atoms with Crippen LogP contribution < -0.4 is 0 Å². The Morgan fingerprint density at radius 1 is 0.200 bits per heavy atom. The minimum atomic E-state index is 0.486. The fourth-order valence-electron chi connectivity index (χ4n) is 13.5. The number of nitrogens with zero attached hydrogens (tertiary/aromatic N) is 12. The van der Waals surface area contributed by atoms with Crippen LogP contribution in [0, 0.1) is 6.57 Å². The Kier molecular flexibility index (Phi) is 14.6. The molecule has 0 saturated heterocycles. The van der Waals surface area contributed by atoms with Crippen molar-refractivity contribution < 1.29 is 0 Å². The zero-order chi connectivity index (χ0) is 66.5. The Labute approximate surface area is 575 Å². The molecule has 0 bridgehead atoms. The summed E-state index contributed by atoms with van der Waals surface area (Å²) in [6, 6.07) is 112. The maximum absolute atomic E-state index is 7.83. The number of benzene rings is 13. The summed E-state index contributed by atoms with van der Waals surface area (Å²) in [5.41, 5.74) is 17.9. The number of hydrogen-bond donors (Lipinski definition) is 0. The highest BCUT2D eigenvalue weighted by molar-refractivity contribution is 6.12. The average Bonchev–Trinajstić information content (AvgIpc) is 1.54. The number of para-hydroxylation sites is 2. The first-order valence-electron chi connectivity index (χ1n) is 33.0. The van der Waals surface area contributed by atoms with Crippen LogP contribution in [-0.4, -0.2) is 54.0 Å². The molecule has 0 aliphatic carbocycles. The summed E-state index contributed by atoms with van der Waals surface area (Å²) in [6.07, 6.45) is 0. The summed E-state index contributed by atoms with van der Waals surface area (Å²) in [6.45, 7) is 7.83. The molecule has 12 nitrogen and oxygen atoms in total. The van der Waals surface area contributed by atoms with E-state index in [1.165, 1.54) is 0 Å². The molecule has 12 heteroatoms. The van der Waals surface area contributed by atoms with Gasteiger partial charge in [-0.25, -0.2) is 49.7 Å². The smallest absolute Gasteiger partial charge is 0.187 e.